The van der Waals surface area contributed by atoms with Gasteiger partial charge in [0.15, 0.2) is 5.65 Å². The van der Waals surface area contributed by atoms with E-state index in [0.717, 1.165) is 5.56 Å². The van der Waals surface area contributed by atoms with Crippen LogP contribution in [-0.4, -0.2) is 19.7 Å². The van der Waals surface area contributed by atoms with Gasteiger partial charge in [-0.05, 0) is 13.0 Å². The van der Waals surface area contributed by atoms with E-state index in [4.69, 9.17) is 17.3 Å². The van der Waals surface area contributed by atoms with Crippen LogP contribution in [0.15, 0.2) is 24.4 Å². The molecule has 0 aliphatic carbocycles. The lowest BCUT2D eigenvalue weighted by atomic mass is 10.1. The van der Waals surface area contributed by atoms with Crippen LogP contribution in [0.4, 0.5) is 10.3 Å². The summed E-state index contributed by atoms with van der Waals surface area (Å²) in [7, 11) is 0. The summed E-state index contributed by atoms with van der Waals surface area (Å²) in [5.41, 5.74) is 7.58. The molecule has 0 bridgehead atoms. The van der Waals surface area contributed by atoms with Gasteiger partial charge in [-0.2, -0.15) is 10.1 Å². The lowest BCUT2D eigenvalue weighted by Gasteiger charge is -2.06. The van der Waals surface area contributed by atoms with Gasteiger partial charge in [0.1, 0.15) is 11.0 Å². The third-order valence-electron chi connectivity index (χ3n) is 2.99. The molecular formula is C13H11ClFN5. The molecule has 3 aromatic rings. The van der Waals surface area contributed by atoms with Crippen molar-refractivity contribution in [1.29, 1.82) is 0 Å². The number of nitrogens with two attached hydrogens (primary N) is 1. The van der Waals surface area contributed by atoms with E-state index in [2.05, 4.69) is 15.1 Å². The lowest BCUT2D eigenvalue weighted by Crippen LogP contribution is -2.06. The molecular weight excluding hydrogens is 281 g/mol. The smallest absolute Gasteiger partial charge is 0.223 e. The number of anilines is 1. The zero-order valence-corrected chi connectivity index (χ0v) is 11.4. The van der Waals surface area contributed by atoms with Crippen molar-refractivity contribution >= 4 is 28.6 Å². The van der Waals surface area contributed by atoms with Gasteiger partial charge in [0.05, 0.1) is 18.1 Å². The Morgan fingerprint density at radius 1 is 1.35 bits per heavy atom. The van der Waals surface area contributed by atoms with E-state index in [1.165, 1.54) is 6.07 Å². The molecule has 2 N–H and O–H groups in total. The Balaban J connectivity index is 2.09. The maximum atomic E-state index is 13.8. The molecule has 7 heteroatoms. The van der Waals surface area contributed by atoms with Crippen molar-refractivity contribution in [3.8, 4) is 0 Å². The minimum absolute atomic E-state index is 0.0639. The molecule has 0 atom stereocenters. The molecule has 0 aliphatic rings. The summed E-state index contributed by atoms with van der Waals surface area (Å²) in [5.74, 6) is -0.221. The number of benzene rings is 1. The minimum Gasteiger partial charge on any atom is -0.368 e. The monoisotopic (exact) mass is 291 g/mol. The molecule has 2 aromatic heterocycles. The van der Waals surface area contributed by atoms with Crippen LogP contribution in [0.5, 0.6) is 0 Å². The van der Waals surface area contributed by atoms with Crippen molar-refractivity contribution in [2.75, 3.05) is 5.73 Å². The maximum absolute atomic E-state index is 13.8. The highest BCUT2D eigenvalue weighted by atomic mass is 35.5. The van der Waals surface area contributed by atoms with E-state index in [-0.39, 0.29) is 23.5 Å². The topological polar surface area (TPSA) is 69.6 Å². The molecule has 0 spiro atoms. The average molecular weight is 292 g/mol. The Morgan fingerprint density at radius 3 is 2.95 bits per heavy atom. The highest BCUT2D eigenvalue weighted by Crippen LogP contribution is 2.22. The highest BCUT2D eigenvalue weighted by molar-refractivity contribution is 6.34. The first kappa shape index (κ1) is 12.8. The molecule has 0 saturated carbocycles. The third kappa shape index (κ3) is 2.18. The van der Waals surface area contributed by atoms with Crippen molar-refractivity contribution < 1.29 is 4.39 Å². The van der Waals surface area contributed by atoms with E-state index in [1.807, 2.05) is 6.92 Å². The molecule has 0 amide bonds. The minimum atomic E-state index is -0.285. The predicted molar refractivity (Wildman–Crippen MR) is 75.0 cm³/mol. The van der Waals surface area contributed by atoms with Gasteiger partial charge >= 0.3 is 0 Å². The van der Waals surface area contributed by atoms with Crippen LogP contribution in [0.3, 0.4) is 0 Å². The van der Waals surface area contributed by atoms with Crippen LogP contribution >= 0.6 is 11.6 Å². The summed E-state index contributed by atoms with van der Waals surface area (Å²) < 4.78 is 15.3. The van der Waals surface area contributed by atoms with Gasteiger partial charge in [0.25, 0.3) is 0 Å². The zero-order chi connectivity index (χ0) is 14.3. The number of aromatic nitrogens is 4. The number of nitrogens with zero attached hydrogens (tertiary/aromatic N) is 4. The molecule has 0 fully saturated rings. The normalized spacial score (nSPS) is 11.2. The first-order chi connectivity index (χ1) is 9.54. The van der Waals surface area contributed by atoms with Crippen LogP contribution in [0.25, 0.3) is 11.0 Å². The number of hydrogen-bond donors (Lipinski definition) is 1. The highest BCUT2D eigenvalue weighted by Gasteiger charge is 2.12. The maximum Gasteiger partial charge on any atom is 0.223 e. The molecule has 20 heavy (non-hydrogen) atoms. The van der Waals surface area contributed by atoms with Crippen LogP contribution < -0.4 is 5.73 Å². The van der Waals surface area contributed by atoms with Gasteiger partial charge in [0.2, 0.25) is 5.95 Å². The number of hydrogen-bond acceptors (Lipinski definition) is 4. The average Bonchev–Trinajstić information content (AvgIpc) is 2.77. The molecule has 1 aromatic carbocycles. The summed E-state index contributed by atoms with van der Waals surface area (Å²) in [6.45, 7) is 2.16. The van der Waals surface area contributed by atoms with Gasteiger partial charge in [-0.1, -0.05) is 29.3 Å². The van der Waals surface area contributed by atoms with Gasteiger partial charge in [-0.3, -0.25) is 0 Å². The molecule has 0 saturated heterocycles. The largest absolute Gasteiger partial charge is 0.368 e. The zero-order valence-electron chi connectivity index (χ0n) is 10.6. The van der Waals surface area contributed by atoms with Gasteiger partial charge in [-0.15, -0.1) is 0 Å². The standard InChI is InChI=1S/C13H11ClFN5/c1-7-2-3-10(15)8(4-7)6-20-12-9(5-17-20)11(14)18-13(16)19-12/h2-5H,6H2,1H3,(H2,16,18,19). The van der Waals surface area contributed by atoms with E-state index in [0.29, 0.717) is 16.6 Å². The SMILES string of the molecule is Cc1ccc(F)c(Cn2ncc3c(Cl)nc(N)nc32)c1. The van der Waals surface area contributed by atoms with Gasteiger partial charge < -0.3 is 5.73 Å². The Kier molecular flexibility index (Phi) is 3.02. The van der Waals surface area contributed by atoms with E-state index < -0.39 is 0 Å². The summed E-state index contributed by atoms with van der Waals surface area (Å²) in [6.07, 6.45) is 1.55. The van der Waals surface area contributed by atoms with Gasteiger partial charge in [0, 0.05) is 5.56 Å². The van der Waals surface area contributed by atoms with E-state index >= 15 is 0 Å². The fourth-order valence-corrected chi connectivity index (χ4v) is 2.26. The first-order valence-electron chi connectivity index (χ1n) is 5.94. The Morgan fingerprint density at radius 2 is 2.15 bits per heavy atom. The van der Waals surface area contributed by atoms with Crippen LogP contribution in [0.2, 0.25) is 5.15 Å². The molecule has 3 rings (SSSR count). The van der Waals surface area contributed by atoms with Gasteiger partial charge in [-0.25, -0.2) is 14.1 Å². The molecule has 0 radical (unpaired) electrons. The lowest BCUT2D eigenvalue weighted by molar-refractivity contribution is 0.588. The van der Waals surface area contributed by atoms with E-state index in [1.54, 1.807) is 23.0 Å². The second-order valence-corrected chi connectivity index (χ2v) is 4.86. The summed E-state index contributed by atoms with van der Waals surface area (Å²) in [5, 5.41) is 5.00. The second-order valence-electron chi connectivity index (χ2n) is 4.51. The molecule has 5 nitrogen and oxygen atoms in total. The quantitative estimate of drug-likeness (QED) is 0.737. The summed E-state index contributed by atoms with van der Waals surface area (Å²) in [4.78, 5) is 7.96. The molecule has 0 aliphatic heterocycles. The number of aryl methyl sites for hydroxylation is 1. The van der Waals surface area contributed by atoms with Crippen molar-refractivity contribution in [3.05, 3.63) is 46.5 Å². The van der Waals surface area contributed by atoms with Crippen molar-refractivity contribution in [3.63, 3.8) is 0 Å². The van der Waals surface area contributed by atoms with Crippen LogP contribution in [0.1, 0.15) is 11.1 Å². The number of nitrogen functional groups attached to an aromatic ring is 1. The molecule has 2 heterocycles. The number of rotatable bonds is 2. The van der Waals surface area contributed by atoms with Crippen molar-refractivity contribution in [2.45, 2.75) is 13.5 Å². The number of fused-ring (bicyclic) bond motifs is 1. The predicted octanol–water partition coefficient (Wildman–Crippen LogP) is 2.56. The molecule has 0 unspecified atom stereocenters. The van der Waals surface area contributed by atoms with Crippen LogP contribution in [0, 0.1) is 12.7 Å². The Labute approximate surface area is 119 Å². The molecule has 102 valence electrons. The third-order valence-corrected chi connectivity index (χ3v) is 3.28. The Bertz CT molecular complexity index is 799. The first-order valence-corrected chi connectivity index (χ1v) is 6.32. The second kappa shape index (κ2) is 4.72. The van der Waals surface area contributed by atoms with Crippen molar-refractivity contribution in [2.24, 2.45) is 0 Å². The summed E-state index contributed by atoms with van der Waals surface area (Å²) in [6, 6.07) is 4.93. The van der Waals surface area contributed by atoms with Crippen molar-refractivity contribution in [1.82, 2.24) is 19.7 Å². The van der Waals surface area contributed by atoms with E-state index in [9.17, 15) is 4.39 Å². The van der Waals surface area contributed by atoms with Crippen LogP contribution in [-0.2, 0) is 6.54 Å². The summed E-state index contributed by atoms with van der Waals surface area (Å²) >= 11 is 5.98. The fraction of sp³-hybridized carbons (Fsp3) is 0.154. The fourth-order valence-electron chi connectivity index (χ4n) is 2.04. The number of halogens is 2. The Hall–Kier alpha value is -2.21.